The summed E-state index contributed by atoms with van der Waals surface area (Å²) in [5.41, 5.74) is 0. The van der Waals surface area contributed by atoms with Crippen LogP contribution in [-0.4, -0.2) is 74.0 Å². The molecule has 0 aromatic rings. The van der Waals surface area contributed by atoms with Crippen LogP contribution in [0.1, 0.15) is 0 Å². The van der Waals surface area contributed by atoms with Gasteiger partial charge in [0.05, 0.1) is 25.4 Å². The van der Waals surface area contributed by atoms with Crippen molar-refractivity contribution in [3.63, 3.8) is 0 Å². The number of rotatable bonds is 3. The predicted octanol–water partition coefficient (Wildman–Crippen LogP) is -0.760. The quantitative estimate of drug-likeness (QED) is 0.649. The number of aliphatic hydroxyl groups is 1. The molecule has 2 heterocycles. The maximum atomic E-state index is 9.62. The van der Waals surface area contributed by atoms with Crippen molar-refractivity contribution in [3.8, 4) is 0 Å². The smallest absolute Gasteiger partial charge is 0.0950 e. The van der Waals surface area contributed by atoms with Crippen LogP contribution in [0.2, 0.25) is 0 Å². The van der Waals surface area contributed by atoms with Crippen LogP contribution in [0.4, 0.5) is 0 Å². The molecule has 4 heteroatoms. The van der Waals surface area contributed by atoms with Crippen molar-refractivity contribution >= 4 is 0 Å². The van der Waals surface area contributed by atoms with Gasteiger partial charge in [-0.3, -0.25) is 4.90 Å². The highest BCUT2D eigenvalue weighted by atomic mass is 16.5. The maximum absolute atomic E-state index is 9.62. The summed E-state index contributed by atoms with van der Waals surface area (Å²) in [6.07, 6.45) is -0.268. The van der Waals surface area contributed by atoms with Crippen molar-refractivity contribution in [1.82, 2.24) is 9.80 Å². The highest BCUT2D eigenvalue weighted by molar-refractivity contribution is 4.91. The lowest BCUT2D eigenvalue weighted by molar-refractivity contribution is -0.00153. The molecule has 0 saturated carbocycles. The molecule has 2 fully saturated rings. The van der Waals surface area contributed by atoms with E-state index >= 15 is 0 Å². The number of ether oxygens (including phenoxy) is 1. The largest absolute Gasteiger partial charge is 0.389 e. The molecular weight excluding hydrogens is 180 g/mol. The number of aliphatic hydroxyl groups excluding tert-OH is 1. The SMILES string of the molecule is CN(C)CC1CN([C@@H]2COC[C@H]2O)C1. The van der Waals surface area contributed by atoms with Crippen LogP contribution >= 0.6 is 0 Å². The van der Waals surface area contributed by atoms with Gasteiger partial charge in [-0.05, 0) is 20.0 Å². The normalized spacial score (nSPS) is 35.1. The van der Waals surface area contributed by atoms with Crippen LogP contribution < -0.4 is 0 Å². The summed E-state index contributed by atoms with van der Waals surface area (Å²) in [6, 6.07) is 0.258. The molecule has 0 aliphatic carbocycles. The minimum atomic E-state index is -0.268. The van der Waals surface area contributed by atoms with Crippen molar-refractivity contribution in [2.75, 3.05) is 46.9 Å². The Labute approximate surface area is 85.4 Å². The molecule has 14 heavy (non-hydrogen) atoms. The van der Waals surface area contributed by atoms with Crippen molar-refractivity contribution in [2.45, 2.75) is 12.1 Å². The average molecular weight is 200 g/mol. The Hall–Kier alpha value is -0.160. The standard InChI is InChI=1S/C10H20N2O2/c1-11(2)3-8-4-12(5-8)9-6-14-7-10(9)13/h8-10,13H,3-7H2,1-2H3/t9-,10-/m1/s1. The Morgan fingerprint density at radius 1 is 1.36 bits per heavy atom. The molecule has 2 saturated heterocycles. The second kappa shape index (κ2) is 4.14. The van der Waals surface area contributed by atoms with E-state index in [4.69, 9.17) is 4.74 Å². The molecule has 0 radical (unpaired) electrons. The average Bonchev–Trinajstić information content (AvgIpc) is 2.42. The minimum absolute atomic E-state index is 0.258. The maximum Gasteiger partial charge on any atom is 0.0950 e. The molecule has 0 amide bonds. The van der Waals surface area contributed by atoms with E-state index in [-0.39, 0.29) is 12.1 Å². The molecule has 0 aromatic carbocycles. The molecule has 1 N–H and O–H groups in total. The van der Waals surface area contributed by atoms with Gasteiger partial charge < -0.3 is 14.7 Å². The first-order valence-electron chi connectivity index (χ1n) is 5.31. The van der Waals surface area contributed by atoms with Crippen molar-refractivity contribution in [2.24, 2.45) is 5.92 Å². The fourth-order valence-corrected chi connectivity index (χ4v) is 2.39. The Morgan fingerprint density at radius 3 is 2.57 bits per heavy atom. The third-order valence-corrected chi connectivity index (χ3v) is 3.10. The lowest BCUT2D eigenvalue weighted by Crippen LogP contribution is -2.57. The molecular formula is C10H20N2O2. The highest BCUT2D eigenvalue weighted by Gasteiger charge is 2.38. The van der Waals surface area contributed by atoms with Gasteiger partial charge in [-0.1, -0.05) is 0 Å². The summed E-state index contributed by atoms with van der Waals surface area (Å²) >= 11 is 0. The Kier molecular flexibility index (Phi) is 3.07. The molecule has 2 aliphatic rings. The van der Waals surface area contributed by atoms with Gasteiger partial charge in [0.15, 0.2) is 0 Å². The predicted molar refractivity (Wildman–Crippen MR) is 54.2 cm³/mol. The van der Waals surface area contributed by atoms with Gasteiger partial charge in [0, 0.05) is 19.6 Å². The van der Waals surface area contributed by atoms with Crippen LogP contribution in [0.25, 0.3) is 0 Å². The molecule has 0 aromatic heterocycles. The third kappa shape index (κ3) is 2.08. The lowest BCUT2D eigenvalue weighted by Gasteiger charge is -2.44. The second-order valence-electron chi connectivity index (χ2n) is 4.75. The first-order chi connectivity index (χ1) is 6.66. The fraction of sp³-hybridized carbons (Fsp3) is 1.00. The zero-order valence-electron chi connectivity index (χ0n) is 9.02. The third-order valence-electron chi connectivity index (χ3n) is 3.10. The van der Waals surface area contributed by atoms with E-state index in [9.17, 15) is 5.11 Å². The summed E-state index contributed by atoms with van der Waals surface area (Å²) in [7, 11) is 4.21. The number of hydrogen-bond donors (Lipinski definition) is 1. The van der Waals surface area contributed by atoms with Gasteiger partial charge in [0.25, 0.3) is 0 Å². The Morgan fingerprint density at radius 2 is 2.07 bits per heavy atom. The van der Waals surface area contributed by atoms with Gasteiger partial charge in [-0.25, -0.2) is 0 Å². The van der Waals surface area contributed by atoms with E-state index in [0.29, 0.717) is 13.2 Å². The summed E-state index contributed by atoms with van der Waals surface area (Å²) in [5, 5.41) is 9.62. The molecule has 0 spiro atoms. The fourth-order valence-electron chi connectivity index (χ4n) is 2.39. The molecule has 2 rings (SSSR count). The first-order valence-corrected chi connectivity index (χ1v) is 5.31. The van der Waals surface area contributed by atoms with Crippen molar-refractivity contribution in [1.29, 1.82) is 0 Å². The van der Waals surface area contributed by atoms with Crippen LogP contribution in [0.15, 0.2) is 0 Å². The molecule has 2 atom stereocenters. The van der Waals surface area contributed by atoms with Gasteiger partial charge in [0.1, 0.15) is 0 Å². The van der Waals surface area contributed by atoms with Crippen molar-refractivity contribution < 1.29 is 9.84 Å². The number of hydrogen-bond acceptors (Lipinski definition) is 4. The van der Waals surface area contributed by atoms with E-state index in [0.717, 1.165) is 25.6 Å². The summed E-state index contributed by atoms with van der Waals surface area (Å²) in [4.78, 5) is 4.56. The van der Waals surface area contributed by atoms with Crippen LogP contribution in [0.3, 0.4) is 0 Å². The minimum Gasteiger partial charge on any atom is -0.389 e. The molecule has 0 unspecified atom stereocenters. The van der Waals surface area contributed by atoms with Gasteiger partial charge in [0.2, 0.25) is 0 Å². The van der Waals surface area contributed by atoms with Gasteiger partial charge in [-0.15, -0.1) is 0 Å². The van der Waals surface area contributed by atoms with E-state index < -0.39 is 0 Å². The number of nitrogens with zero attached hydrogens (tertiary/aromatic N) is 2. The van der Waals surface area contributed by atoms with Gasteiger partial charge >= 0.3 is 0 Å². The monoisotopic (exact) mass is 200 g/mol. The topological polar surface area (TPSA) is 35.9 Å². The van der Waals surface area contributed by atoms with E-state index in [1.807, 2.05) is 0 Å². The zero-order chi connectivity index (χ0) is 10.1. The molecule has 2 aliphatic heterocycles. The molecule has 4 nitrogen and oxygen atoms in total. The summed E-state index contributed by atoms with van der Waals surface area (Å²) in [5.74, 6) is 0.776. The summed E-state index contributed by atoms with van der Waals surface area (Å²) in [6.45, 7) is 4.60. The van der Waals surface area contributed by atoms with E-state index in [2.05, 4.69) is 23.9 Å². The Balaban J connectivity index is 1.72. The summed E-state index contributed by atoms with van der Waals surface area (Å²) < 4.78 is 5.24. The molecule has 0 bridgehead atoms. The number of likely N-dealkylation sites (tertiary alicyclic amines) is 1. The zero-order valence-corrected chi connectivity index (χ0v) is 9.02. The second-order valence-corrected chi connectivity index (χ2v) is 4.75. The first kappa shape index (κ1) is 10.4. The highest BCUT2D eigenvalue weighted by Crippen LogP contribution is 2.23. The van der Waals surface area contributed by atoms with E-state index in [1.54, 1.807) is 0 Å². The van der Waals surface area contributed by atoms with E-state index in [1.165, 1.54) is 0 Å². The van der Waals surface area contributed by atoms with Crippen LogP contribution in [-0.2, 0) is 4.74 Å². The van der Waals surface area contributed by atoms with Crippen LogP contribution in [0.5, 0.6) is 0 Å². The van der Waals surface area contributed by atoms with Crippen LogP contribution in [0, 0.1) is 5.92 Å². The lowest BCUT2D eigenvalue weighted by atomic mass is 9.96. The Bertz CT molecular complexity index is 193. The van der Waals surface area contributed by atoms with Crippen molar-refractivity contribution in [3.05, 3.63) is 0 Å². The van der Waals surface area contributed by atoms with Gasteiger partial charge in [-0.2, -0.15) is 0 Å². The molecule has 82 valence electrons.